The number of hydrogen-bond donors (Lipinski definition) is 2. The summed E-state index contributed by atoms with van der Waals surface area (Å²) in [5.41, 5.74) is 3.78. The van der Waals surface area contributed by atoms with E-state index < -0.39 is 0 Å². The fraction of sp³-hybridized carbons (Fsp3) is 0.409. The molecule has 160 valence electrons. The molecule has 0 fully saturated rings. The molecule has 0 spiro atoms. The molecule has 0 saturated carbocycles. The van der Waals surface area contributed by atoms with Crippen LogP contribution in [-0.2, 0) is 19.5 Å². The van der Waals surface area contributed by atoms with E-state index in [0.717, 1.165) is 50.0 Å². The minimum atomic E-state index is 0. The van der Waals surface area contributed by atoms with E-state index in [1.165, 1.54) is 11.1 Å². The second-order valence-electron chi connectivity index (χ2n) is 7.46. The van der Waals surface area contributed by atoms with Crippen molar-refractivity contribution in [2.24, 2.45) is 4.99 Å². The summed E-state index contributed by atoms with van der Waals surface area (Å²) in [7, 11) is 0. The van der Waals surface area contributed by atoms with Crippen LogP contribution in [0.1, 0.15) is 30.8 Å². The third-order valence-corrected chi connectivity index (χ3v) is 5.46. The van der Waals surface area contributed by atoms with Crippen LogP contribution in [0.25, 0.3) is 5.65 Å². The number of rotatable bonds is 6. The van der Waals surface area contributed by atoms with Gasteiger partial charge in [0.2, 0.25) is 0 Å². The van der Waals surface area contributed by atoms with Crippen LogP contribution >= 0.6 is 24.0 Å². The van der Waals surface area contributed by atoms with Crippen molar-refractivity contribution < 1.29 is 0 Å². The molecule has 3 aromatic rings. The van der Waals surface area contributed by atoms with Crippen molar-refractivity contribution in [1.29, 1.82) is 0 Å². The first-order chi connectivity index (χ1) is 14.2. The number of aromatic nitrogens is 3. The molecule has 1 aromatic carbocycles. The second-order valence-corrected chi connectivity index (χ2v) is 7.46. The van der Waals surface area contributed by atoms with Gasteiger partial charge in [-0.05, 0) is 43.5 Å². The number of aliphatic imine (C=N–C) groups is 1. The van der Waals surface area contributed by atoms with Crippen LogP contribution in [0.3, 0.4) is 0 Å². The summed E-state index contributed by atoms with van der Waals surface area (Å²) in [5.74, 6) is 1.64. The summed E-state index contributed by atoms with van der Waals surface area (Å²) < 4.78 is 1.97. The predicted octanol–water partition coefficient (Wildman–Crippen LogP) is 2.85. The van der Waals surface area contributed by atoms with Crippen LogP contribution in [0.5, 0.6) is 0 Å². The molecule has 0 saturated heterocycles. The minimum absolute atomic E-state index is 0. The second kappa shape index (κ2) is 10.7. The third-order valence-electron chi connectivity index (χ3n) is 5.46. The van der Waals surface area contributed by atoms with Gasteiger partial charge in [0.25, 0.3) is 0 Å². The van der Waals surface area contributed by atoms with Crippen molar-refractivity contribution in [3.05, 3.63) is 65.6 Å². The maximum Gasteiger partial charge on any atom is 0.191 e. The first kappa shape index (κ1) is 22.5. The summed E-state index contributed by atoms with van der Waals surface area (Å²) in [6, 6.07) is 15.1. The van der Waals surface area contributed by atoms with Gasteiger partial charge in [-0.25, -0.2) is 4.99 Å². The predicted molar refractivity (Wildman–Crippen MR) is 131 cm³/mol. The molecule has 1 unspecified atom stereocenters. The average Bonchev–Trinajstić information content (AvgIpc) is 3.18. The summed E-state index contributed by atoms with van der Waals surface area (Å²) in [6.07, 6.45) is 3.09. The van der Waals surface area contributed by atoms with E-state index in [-0.39, 0.29) is 24.0 Å². The number of benzene rings is 1. The molecule has 0 amide bonds. The molecule has 30 heavy (non-hydrogen) atoms. The zero-order valence-corrected chi connectivity index (χ0v) is 19.9. The smallest absolute Gasteiger partial charge is 0.191 e. The Hall–Kier alpha value is -2.20. The zero-order valence-electron chi connectivity index (χ0n) is 17.6. The summed E-state index contributed by atoms with van der Waals surface area (Å²) >= 11 is 0. The molecule has 4 rings (SSSR count). The summed E-state index contributed by atoms with van der Waals surface area (Å²) in [6.45, 7) is 8.60. The normalized spacial score (nSPS) is 15.3. The highest BCUT2D eigenvalue weighted by Gasteiger charge is 2.20. The maximum atomic E-state index is 4.71. The number of fused-ring (bicyclic) bond motifs is 2. The highest BCUT2D eigenvalue weighted by atomic mass is 127. The quantitative estimate of drug-likeness (QED) is 0.298. The monoisotopic (exact) mass is 519 g/mol. The van der Waals surface area contributed by atoms with Gasteiger partial charge in [0.05, 0.1) is 0 Å². The lowest BCUT2D eigenvalue weighted by Gasteiger charge is -2.34. The summed E-state index contributed by atoms with van der Waals surface area (Å²) in [4.78, 5) is 7.24. The lowest BCUT2D eigenvalue weighted by atomic mass is 9.99. The molecule has 3 heterocycles. The van der Waals surface area contributed by atoms with Gasteiger partial charge in [0.1, 0.15) is 6.54 Å². The maximum absolute atomic E-state index is 4.71. The Labute approximate surface area is 195 Å². The van der Waals surface area contributed by atoms with Crippen molar-refractivity contribution in [2.75, 3.05) is 19.6 Å². The lowest BCUT2D eigenvalue weighted by molar-refractivity contribution is 0.191. The molecule has 2 N–H and O–H groups in total. The topological polar surface area (TPSA) is 69.8 Å². The van der Waals surface area contributed by atoms with Crippen LogP contribution in [0, 0.1) is 0 Å². The molecule has 1 aliphatic rings. The average molecular weight is 519 g/mol. The van der Waals surface area contributed by atoms with E-state index >= 15 is 0 Å². The van der Waals surface area contributed by atoms with E-state index in [1.807, 2.05) is 28.8 Å². The van der Waals surface area contributed by atoms with Crippen LogP contribution in [0.15, 0.2) is 53.7 Å². The van der Waals surface area contributed by atoms with Gasteiger partial charge in [0.15, 0.2) is 17.4 Å². The molecule has 0 bridgehead atoms. The highest BCUT2D eigenvalue weighted by Crippen LogP contribution is 2.19. The van der Waals surface area contributed by atoms with Gasteiger partial charge >= 0.3 is 0 Å². The Morgan fingerprint density at radius 2 is 1.90 bits per heavy atom. The zero-order chi connectivity index (χ0) is 20.1. The van der Waals surface area contributed by atoms with Gasteiger partial charge in [0, 0.05) is 38.4 Å². The number of pyridine rings is 1. The number of nitrogens with zero attached hydrogens (tertiary/aromatic N) is 5. The molecule has 1 aliphatic heterocycles. The number of nitrogens with one attached hydrogen (secondary N) is 2. The van der Waals surface area contributed by atoms with E-state index in [0.29, 0.717) is 12.6 Å². The molecule has 8 heteroatoms. The van der Waals surface area contributed by atoms with Gasteiger partial charge in [-0.1, -0.05) is 30.3 Å². The third kappa shape index (κ3) is 5.28. The van der Waals surface area contributed by atoms with Crippen LogP contribution in [-0.4, -0.2) is 51.1 Å². The molecular weight excluding hydrogens is 489 g/mol. The van der Waals surface area contributed by atoms with E-state index in [9.17, 15) is 0 Å². The molecule has 2 aromatic heterocycles. The van der Waals surface area contributed by atoms with Gasteiger partial charge in [-0.15, -0.1) is 34.2 Å². The molecule has 7 nitrogen and oxygen atoms in total. The fourth-order valence-corrected chi connectivity index (χ4v) is 3.76. The number of halogens is 1. The standard InChI is InChI=1S/C22H29N7.HI/c1-3-23-22(25-15-21-27-26-20-10-6-7-12-29(20)21)24-14-17(2)28-13-11-18-8-4-5-9-19(18)16-28;/h4-10,12,17H,3,11,13-16H2,1-2H3,(H2,23,24,25);1H. The van der Waals surface area contributed by atoms with Crippen molar-refractivity contribution >= 4 is 35.6 Å². The Morgan fingerprint density at radius 3 is 2.73 bits per heavy atom. The highest BCUT2D eigenvalue weighted by molar-refractivity contribution is 14.0. The van der Waals surface area contributed by atoms with Gasteiger partial charge < -0.3 is 10.6 Å². The molecule has 0 radical (unpaired) electrons. The van der Waals surface area contributed by atoms with Crippen molar-refractivity contribution in [3.8, 4) is 0 Å². The minimum Gasteiger partial charge on any atom is -0.357 e. The Balaban J connectivity index is 0.00000256. The van der Waals surface area contributed by atoms with Gasteiger partial charge in [-0.3, -0.25) is 9.30 Å². The first-order valence-corrected chi connectivity index (χ1v) is 10.4. The number of guanidine groups is 1. The van der Waals surface area contributed by atoms with Crippen LogP contribution in [0.2, 0.25) is 0 Å². The van der Waals surface area contributed by atoms with E-state index in [4.69, 9.17) is 4.99 Å². The largest absolute Gasteiger partial charge is 0.357 e. The van der Waals surface area contributed by atoms with Crippen LogP contribution in [0.4, 0.5) is 0 Å². The Morgan fingerprint density at radius 1 is 1.10 bits per heavy atom. The van der Waals surface area contributed by atoms with Crippen molar-refractivity contribution in [3.63, 3.8) is 0 Å². The van der Waals surface area contributed by atoms with E-state index in [2.05, 4.69) is 63.8 Å². The summed E-state index contributed by atoms with van der Waals surface area (Å²) in [5, 5.41) is 15.3. The Bertz CT molecular complexity index is 984. The molecular formula is C22H30IN7. The number of hydrogen-bond acceptors (Lipinski definition) is 4. The molecule has 0 aliphatic carbocycles. The van der Waals surface area contributed by atoms with Crippen LogP contribution < -0.4 is 10.6 Å². The van der Waals surface area contributed by atoms with Gasteiger partial charge in [-0.2, -0.15) is 0 Å². The SMILES string of the molecule is CCNC(=NCc1nnc2ccccn12)NCC(C)N1CCc2ccccc2C1.I. The van der Waals surface area contributed by atoms with Crippen molar-refractivity contribution in [1.82, 2.24) is 30.1 Å². The molecule has 1 atom stereocenters. The van der Waals surface area contributed by atoms with Crippen molar-refractivity contribution in [2.45, 2.75) is 39.4 Å². The Kier molecular flexibility index (Phi) is 8.03. The lowest BCUT2D eigenvalue weighted by Crippen LogP contribution is -2.47. The first-order valence-electron chi connectivity index (χ1n) is 10.4. The fourth-order valence-electron chi connectivity index (χ4n) is 3.76. The van der Waals surface area contributed by atoms with E-state index in [1.54, 1.807) is 0 Å².